The molecule has 3 aromatic rings. The van der Waals surface area contributed by atoms with Crippen LogP contribution >= 0.6 is 0 Å². The van der Waals surface area contributed by atoms with Crippen LogP contribution in [0, 0.1) is 18.7 Å². The van der Waals surface area contributed by atoms with Gasteiger partial charge in [0.2, 0.25) is 0 Å². The van der Waals surface area contributed by atoms with Gasteiger partial charge in [-0.3, -0.25) is 4.79 Å². The number of aromatic nitrogens is 1. The second-order valence-corrected chi connectivity index (χ2v) is 7.41. The fourth-order valence-corrected chi connectivity index (χ4v) is 4.05. The Morgan fingerprint density at radius 2 is 2.00 bits per heavy atom. The number of para-hydroxylation sites is 2. The summed E-state index contributed by atoms with van der Waals surface area (Å²) in [5.41, 5.74) is 2.92. The van der Waals surface area contributed by atoms with Gasteiger partial charge in [-0.05, 0) is 43.0 Å². The van der Waals surface area contributed by atoms with E-state index in [0.717, 1.165) is 30.5 Å². The van der Waals surface area contributed by atoms with Crippen LogP contribution in [0.4, 0.5) is 10.1 Å². The molecular formula is C22H24FN3O. The molecule has 4 nitrogen and oxygen atoms in total. The zero-order chi connectivity index (χ0) is 19.0. The molecule has 1 atom stereocenters. The van der Waals surface area contributed by atoms with Gasteiger partial charge in [-0.2, -0.15) is 0 Å². The number of aryl methyl sites for hydroxylation is 1. The van der Waals surface area contributed by atoms with Gasteiger partial charge in [-0.1, -0.05) is 30.3 Å². The van der Waals surface area contributed by atoms with Gasteiger partial charge in [0.15, 0.2) is 0 Å². The van der Waals surface area contributed by atoms with Crippen LogP contribution in [0.1, 0.15) is 22.5 Å². The van der Waals surface area contributed by atoms with Crippen molar-refractivity contribution in [1.29, 1.82) is 0 Å². The summed E-state index contributed by atoms with van der Waals surface area (Å²) in [6.45, 7) is 4.51. The molecule has 1 N–H and O–H groups in total. The lowest BCUT2D eigenvalue weighted by atomic mass is 10.1. The molecular weight excluding hydrogens is 341 g/mol. The molecule has 0 spiro atoms. The van der Waals surface area contributed by atoms with Crippen molar-refractivity contribution in [3.8, 4) is 0 Å². The van der Waals surface area contributed by atoms with Gasteiger partial charge in [0, 0.05) is 37.8 Å². The third-order valence-electron chi connectivity index (χ3n) is 5.54. The molecule has 1 saturated heterocycles. The van der Waals surface area contributed by atoms with Crippen molar-refractivity contribution in [3.05, 3.63) is 65.6 Å². The lowest BCUT2D eigenvalue weighted by Crippen LogP contribution is -2.33. The fourth-order valence-electron chi connectivity index (χ4n) is 4.05. The molecule has 140 valence electrons. The number of carbonyl (C=O) groups is 1. The number of hydrogen-bond donors (Lipinski definition) is 1. The topological polar surface area (TPSA) is 39.3 Å². The number of amides is 1. The number of benzene rings is 2. The smallest absolute Gasteiger partial charge is 0.270 e. The van der Waals surface area contributed by atoms with E-state index in [2.05, 4.69) is 34.1 Å². The first-order valence-corrected chi connectivity index (χ1v) is 9.37. The van der Waals surface area contributed by atoms with Crippen LogP contribution in [-0.4, -0.2) is 42.5 Å². The molecule has 1 amide bonds. The number of halogens is 1. The number of anilines is 1. The third kappa shape index (κ3) is 3.29. The number of hydrogen-bond acceptors (Lipinski definition) is 2. The summed E-state index contributed by atoms with van der Waals surface area (Å²) in [5, 5.41) is 0.767. The number of nitrogens with one attached hydrogen (secondary N) is 1. The lowest BCUT2D eigenvalue weighted by molar-refractivity contribution is 0.0771. The maximum absolute atomic E-state index is 14.0. The van der Waals surface area contributed by atoms with Gasteiger partial charge in [0.1, 0.15) is 11.5 Å². The molecule has 2 aromatic carbocycles. The highest BCUT2D eigenvalue weighted by molar-refractivity contribution is 6.00. The summed E-state index contributed by atoms with van der Waals surface area (Å²) < 4.78 is 14.0. The molecule has 4 rings (SSSR count). The Morgan fingerprint density at radius 3 is 2.74 bits per heavy atom. The van der Waals surface area contributed by atoms with E-state index in [0.29, 0.717) is 23.7 Å². The normalized spacial score (nSPS) is 16.9. The monoisotopic (exact) mass is 365 g/mol. The fraction of sp³-hybridized carbons (Fsp3) is 0.318. The van der Waals surface area contributed by atoms with Crippen LogP contribution in [0.15, 0.2) is 48.5 Å². The zero-order valence-corrected chi connectivity index (χ0v) is 15.7. The van der Waals surface area contributed by atoms with Crippen molar-refractivity contribution in [2.75, 3.05) is 31.6 Å². The molecule has 1 aliphatic heterocycles. The Labute approximate surface area is 158 Å². The van der Waals surface area contributed by atoms with Crippen molar-refractivity contribution >= 4 is 22.5 Å². The molecule has 1 aromatic heterocycles. The molecule has 5 heteroatoms. The van der Waals surface area contributed by atoms with Gasteiger partial charge >= 0.3 is 0 Å². The molecule has 27 heavy (non-hydrogen) atoms. The van der Waals surface area contributed by atoms with Gasteiger partial charge in [0.05, 0.1) is 5.52 Å². The molecule has 0 saturated carbocycles. The van der Waals surface area contributed by atoms with Crippen molar-refractivity contribution < 1.29 is 9.18 Å². The molecule has 0 bridgehead atoms. The number of H-pyrrole nitrogens is 1. The van der Waals surface area contributed by atoms with E-state index in [1.165, 1.54) is 11.8 Å². The molecule has 1 fully saturated rings. The Kier molecular flexibility index (Phi) is 4.60. The van der Waals surface area contributed by atoms with Crippen molar-refractivity contribution in [1.82, 2.24) is 9.88 Å². The van der Waals surface area contributed by atoms with E-state index >= 15 is 0 Å². The molecule has 0 unspecified atom stereocenters. The van der Waals surface area contributed by atoms with Crippen LogP contribution < -0.4 is 4.90 Å². The SMILES string of the molecule is Cc1c(C(=O)N(C)C[C@@H]2CCN(c3ccccc3)C2)[nH]c2c(F)cccc12. The highest BCUT2D eigenvalue weighted by Crippen LogP contribution is 2.26. The average molecular weight is 365 g/mol. The summed E-state index contributed by atoms with van der Waals surface area (Å²) in [6, 6.07) is 15.3. The van der Waals surface area contributed by atoms with Gasteiger partial charge in [-0.25, -0.2) is 4.39 Å². The van der Waals surface area contributed by atoms with Crippen LogP contribution in [0.5, 0.6) is 0 Å². The van der Waals surface area contributed by atoms with E-state index in [1.54, 1.807) is 11.0 Å². The van der Waals surface area contributed by atoms with E-state index in [-0.39, 0.29) is 11.7 Å². The van der Waals surface area contributed by atoms with E-state index in [4.69, 9.17) is 0 Å². The first-order valence-electron chi connectivity index (χ1n) is 9.37. The summed E-state index contributed by atoms with van der Waals surface area (Å²) >= 11 is 0. The zero-order valence-electron chi connectivity index (χ0n) is 15.7. The Balaban J connectivity index is 1.46. The third-order valence-corrected chi connectivity index (χ3v) is 5.54. The summed E-state index contributed by atoms with van der Waals surface area (Å²) in [7, 11) is 1.83. The van der Waals surface area contributed by atoms with Gasteiger partial charge < -0.3 is 14.8 Å². The van der Waals surface area contributed by atoms with Crippen molar-refractivity contribution in [3.63, 3.8) is 0 Å². The Morgan fingerprint density at radius 1 is 1.22 bits per heavy atom. The minimum Gasteiger partial charge on any atom is -0.371 e. The minimum absolute atomic E-state index is 0.0822. The molecule has 0 aliphatic carbocycles. The number of nitrogens with zero attached hydrogens (tertiary/aromatic N) is 2. The first kappa shape index (κ1) is 17.6. The predicted octanol–water partition coefficient (Wildman–Crippen LogP) is 4.21. The summed E-state index contributed by atoms with van der Waals surface area (Å²) in [6.07, 6.45) is 1.06. The van der Waals surface area contributed by atoms with Crippen LogP contribution in [-0.2, 0) is 0 Å². The van der Waals surface area contributed by atoms with Gasteiger partial charge in [0.25, 0.3) is 5.91 Å². The number of fused-ring (bicyclic) bond motifs is 1. The molecule has 2 heterocycles. The first-order chi connectivity index (χ1) is 13.0. The number of aromatic amines is 1. The largest absolute Gasteiger partial charge is 0.371 e. The van der Waals surface area contributed by atoms with Crippen molar-refractivity contribution in [2.24, 2.45) is 5.92 Å². The second kappa shape index (κ2) is 7.06. The van der Waals surface area contributed by atoms with E-state index < -0.39 is 0 Å². The van der Waals surface area contributed by atoms with Crippen molar-refractivity contribution in [2.45, 2.75) is 13.3 Å². The van der Waals surface area contributed by atoms with Crippen LogP contribution in [0.25, 0.3) is 10.9 Å². The number of carbonyl (C=O) groups excluding carboxylic acids is 1. The highest BCUT2D eigenvalue weighted by Gasteiger charge is 2.27. The standard InChI is InChI=1S/C22H24FN3O/c1-15-18-9-6-10-19(23)21(18)24-20(15)22(27)25(2)13-16-11-12-26(14-16)17-7-4-3-5-8-17/h3-10,16,24H,11-14H2,1-2H3/t16-/m0/s1. The number of rotatable bonds is 4. The lowest BCUT2D eigenvalue weighted by Gasteiger charge is -2.22. The predicted molar refractivity (Wildman–Crippen MR) is 107 cm³/mol. The second-order valence-electron chi connectivity index (χ2n) is 7.41. The molecule has 1 aliphatic rings. The minimum atomic E-state index is -0.327. The molecule has 0 radical (unpaired) electrons. The average Bonchev–Trinajstić information content (AvgIpc) is 3.28. The van der Waals surface area contributed by atoms with E-state index in [1.807, 2.05) is 26.1 Å². The van der Waals surface area contributed by atoms with Crippen LogP contribution in [0.3, 0.4) is 0 Å². The Bertz CT molecular complexity index is 966. The summed E-state index contributed by atoms with van der Waals surface area (Å²) in [4.78, 5) is 20.1. The van der Waals surface area contributed by atoms with E-state index in [9.17, 15) is 9.18 Å². The summed E-state index contributed by atoms with van der Waals surface area (Å²) in [5.74, 6) is 0.0217. The highest BCUT2D eigenvalue weighted by atomic mass is 19.1. The Hall–Kier alpha value is -2.82. The maximum atomic E-state index is 14.0. The quantitative estimate of drug-likeness (QED) is 0.752. The van der Waals surface area contributed by atoms with Crippen LogP contribution in [0.2, 0.25) is 0 Å². The maximum Gasteiger partial charge on any atom is 0.270 e. The van der Waals surface area contributed by atoms with Gasteiger partial charge in [-0.15, -0.1) is 0 Å².